The molecule has 0 spiro atoms. The number of allylic oxidation sites excluding steroid dienone is 5. The fraction of sp³-hybridized carbons (Fsp3) is 0.400. The highest BCUT2D eigenvalue weighted by Gasteiger charge is 2.02. The minimum Gasteiger partial charge on any atom is -0.500 e. The van der Waals surface area contributed by atoms with Gasteiger partial charge in [0, 0.05) is 6.42 Å². The molecule has 0 heterocycles. The zero-order chi connectivity index (χ0) is 13.8. The first-order chi connectivity index (χ1) is 8.63. The van der Waals surface area contributed by atoms with E-state index in [0.29, 0.717) is 18.7 Å². The average molecular weight is 249 g/mol. The molecule has 0 rings (SSSR count). The Morgan fingerprint density at radius 2 is 2.11 bits per heavy atom. The summed E-state index contributed by atoms with van der Waals surface area (Å²) in [5, 5.41) is 2.75. The molecule has 0 saturated heterocycles. The summed E-state index contributed by atoms with van der Waals surface area (Å²) < 4.78 is 4.87. The van der Waals surface area contributed by atoms with Crippen molar-refractivity contribution in [2.45, 2.75) is 26.2 Å². The van der Waals surface area contributed by atoms with Crippen molar-refractivity contribution in [3.8, 4) is 0 Å². The van der Waals surface area contributed by atoms with Crippen molar-refractivity contribution in [2.24, 2.45) is 0 Å². The van der Waals surface area contributed by atoms with E-state index in [4.69, 9.17) is 4.74 Å². The lowest BCUT2D eigenvalue weighted by Crippen LogP contribution is -2.25. The van der Waals surface area contributed by atoms with Gasteiger partial charge in [0.25, 0.3) is 0 Å². The smallest absolute Gasteiger partial charge is 0.220 e. The van der Waals surface area contributed by atoms with Gasteiger partial charge < -0.3 is 10.1 Å². The minimum absolute atomic E-state index is 0.0163. The Labute approximate surface area is 110 Å². The first kappa shape index (κ1) is 16.2. The molecule has 0 saturated carbocycles. The fourth-order valence-corrected chi connectivity index (χ4v) is 1.28. The van der Waals surface area contributed by atoms with Crippen LogP contribution in [0.5, 0.6) is 0 Å². The number of hydrogen-bond acceptors (Lipinski definition) is 2. The van der Waals surface area contributed by atoms with Crippen LogP contribution in [-0.4, -0.2) is 19.6 Å². The molecule has 0 radical (unpaired) electrons. The van der Waals surface area contributed by atoms with Gasteiger partial charge in [0.2, 0.25) is 5.91 Å². The maximum Gasteiger partial charge on any atom is 0.220 e. The largest absolute Gasteiger partial charge is 0.500 e. The van der Waals surface area contributed by atoms with Crippen LogP contribution in [0.1, 0.15) is 26.2 Å². The zero-order valence-corrected chi connectivity index (χ0v) is 11.4. The van der Waals surface area contributed by atoms with Gasteiger partial charge in [-0.2, -0.15) is 0 Å². The summed E-state index contributed by atoms with van der Waals surface area (Å²) in [6.45, 7) is 9.72. The van der Waals surface area contributed by atoms with E-state index < -0.39 is 0 Å². The van der Waals surface area contributed by atoms with Crippen LogP contribution < -0.4 is 5.32 Å². The molecule has 0 unspecified atom stereocenters. The van der Waals surface area contributed by atoms with Gasteiger partial charge in [0.15, 0.2) is 0 Å². The Morgan fingerprint density at radius 3 is 2.67 bits per heavy atom. The Hall–Kier alpha value is -1.77. The number of hydrogen-bond donors (Lipinski definition) is 1. The molecule has 0 aliphatic carbocycles. The maximum absolute atomic E-state index is 11.5. The van der Waals surface area contributed by atoms with Crippen LogP contribution in [0.3, 0.4) is 0 Å². The molecule has 0 aliphatic rings. The molecule has 0 fully saturated rings. The topological polar surface area (TPSA) is 38.3 Å². The standard InChI is InChI=1S/C15H23NO2/c1-5-7-9-14(6-2)10-8-11-15(17)16-12-13(3)18-4/h5-7,9H,2-3,8,10-12H2,1,4H3,(H,16,17). The number of methoxy groups -OCH3 is 1. The van der Waals surface area contributed by atoms with E-state index in [-0.39, 0.29) is 5.91 Å². The number of rotatable bonds is 9. The van der Waals surface area contributed by atoms with Crippen molar-refractivity contribution in [1.29, 1.82) is 0 Å². The van der Waals surface area contributed by atoms with Crippen LogP contribution >= 0.6 is 0 Å². The van der Waals surface area contributed by atoms with E-state index >= 15 is 0 Å². The van der Waals surface area contributed by atoms with Gasteiger partial charge >= 0.3 is 0 Å². The van der Waals surface area contributed by atoms with Crippen molar-refractivity contribution < 1.29 is 9.53 Å². The van der Waals surface area contributed by atoms with Gasteiger partial charge in [-0.3, -0.25) is 4.79 Å². The summed E-state index contributed by atoms with van der Waals surface area (Å²) in [7, 11) is 1.54. The van der Waals surface area contributed by atoms with Gasteiger partial charge in [-0.1, -0.05) is 37.5 Å². The Bertz CT molecular complexity index is 340. The summed E-state index contributed by atoms with van der Waals surface area (Å²) in [6, 6.07) is 0. The van der Waals surface area contributed by atoms with Crippen LogP contribution in [0.15, 0.2) is 48.8 Å². The number of nitrogens with one attached hydrogen (secondary N) is 1. The number of ether oxygens (including phenoxy) is 1. The van der Waals surface area contributed by atoms with Crippen molar-refractivity contribution in [3.63, 3.8) is 0 Å². The molecule has 1 amide bonds. The molecule has 0 aliphatic heterocycles. The number of carbonyl (C=O) groups is 1. The third kappa shape index (κ3) is 8.39. The predicted molar refractivity (Wildman–Crippen MR) is 76.1 cm³/mol. The molecule has 0 aromatic carbocycles. The molecule has 100 valence electrons. The fourth-order valence-electron chi connectivity index (χ4n) is 1.28. The Kier molecular flexibility index (Phi) is 9.37. The molecule has 18 heavy (non-hydrogen) atoms. The molecule has 1 N–H and O–H groups in total. The van der Waals surface area contributed by atoms with E-state index in [2.05, 4.69) is 18.5 Å². The monoisotopic (exact) mass is 249 g/mol. The summed E-state index contributed by atoms with van der Waals surface area (Å²) in [5.74, 6) is 0.575. The first-order valence-corrected chi connectivity index (χ1v) is 6.06. The average Bonchev–Trinajstić information content (AvgIpc) is 2.39. The van der Waals surface area contributed by atoms with E-state index in [9.17, 15) is 4.79 Å². The predicted octanol–water partition coefficient (Wildman–Crippen LogP) is 3.12. The molecular weight excluding hydrogens is 226 g/mol. The van der Waals surface area contributed by atoms with Crippen LogP contribution in [0.2, 0.25) is 0 Å². The number of amides is 1. The van der Waals surface area contributed by atoms with Crippen molar-refractivity contribution in [3.05, 3.63) is 48.8 Å². The molecular formula is C15H23NO2. The second-order valence-corrected chi connectivity index (χ2v) is 3.84. The summed E-state index contributed by atoms with van der Waals surface area (Å²) in [6.07, 6.45) is 9.93. The highest BCUT2D eigenvalue weighted by atomic mass is 16.5. The zero-order valence-electron chi connectivity index (χ0n) is 11.4. The van der Waals surface area contributed by atoms with Crippen LogP contribution in [-0.2, 0) is 9.53 Å². The van der Waals surface area contributed by atoms with Crippen molar-refractivity contribution in [2.75, 3.05) is 13.7 Å². The lowest BCUT2D eigenvalue weighted by atomic mass is 10.1. The number of carbonyl (C=O) groups excluding carboxylic acids is 1. The van der Waals surface area contributed by atoms with Crippen LogP contribution in [0.25, 0.3) is 0 Å². The Balaban J connectivity index is 3.85. The normalized spacial score (nSPS) is 11.3. The lowest BCUT2D eigenvalue weighted by molar-refractivity contribution is -0.121. The third-order valence-electron chi connectivity index (χ3n) is 2.41. The van der Waals surface area contributed by atoms with Gasteiger partial charge in [0.05, 0.1) is 13.7 Å². The van der Waals surface area contributed by atoms with Gasteiger partial charge in [-0.15, -0.1) is 0 Å². The van der Waals surface area contributed by atoms with Gasteiger partial charge in [-0.05, 0) is 25.3 Å². The van der Waals surface area contributed by atoms with E-state index in [0.717, 1.165) is 18.4 Å². The highest BCUT2D eigenvalue weighted by Crippen LogP contribution is 2.08. The van der Waals surface area contributed by atoms with Crippen LogP contribution in [0, 0.1) is 0 Å². The maximum atomic E-state index is 11.5. The first-order valence-electron chi connectivity index (χ1n) is 6.06. The molecule has 0 atom stereocenters. The van der Waals surface area contributed by atoms with Gasteiger partial charge in [-0.25, -0.2) is 0 Å². The SMILES string of the molecule is C=CC(=CC=CC)CCCC(=O)NCC(=C)OC. The summed E-state index contributed by atoms with van der Waals surface area (Å²) in [4.78, 5) is 11.5. The summed E-state index contributed by atoms with van der Waals surface area (Å²) in [5.41, 5.74) is 1.14. The van der Waals surface area contributed by atoms with E-state index in [1.807, 2.05) is 31.2 Å². The molecule has 0 bridgehead atoms. The van der Waals surface area contributed by atoms with Crippen LogP contribution in [0.4, 0.5) is 0 Å². The van der Waals surface area contributed by atoms with E-state index in [1.165, 1.54) is 7.11 Å². The van der Waals surface area contributed by atoms with Crippen molar-refractivity contribution in [1.82, 2.24) is 5.32 Å². The Morgan fingerprint density at radius 1 is 1.39 bits per heavy atom. The second kappa shape index (κ2) is 10.4. The van der Waals surface area contributed by atoms with Gasteiger partial charge in [0.1, 0.15) is 5.76 Å². The second-order valence-electron chi connectivity index (χ2n) is 3.84. The lowest BCUT2D eigenvalue weighted by Gasteiger charge is -2.06. The minimum atomic E-state index is 0.0163. The van der Waals surface area contributed by atoms with Crippen molar-refractivity contribution >= 4 is 5.91 Å². The molecule has 3 nitrogen and oxygen atoms in total. The third-order valence-corrected chi connectivity index (χ3v) is 2.41. The van der Waals surface area contributed by atoms with E-state index in [1.54, 1.807) is 0 Å². The quantitative estimate of drug-likeness (QED) is 0.503. The highest BCUT2D eigenvalue weighted by molar-refractivity contribution is 5.76. The molecule has 0 aromatic rings. The molecule has 0 aromatic heterocycles. The summed E-state index contributed by atoms with van der Waals surface area (Å²) >= 11 is 0. The molecule has 3 heteroatoms.